The van der Waals surface area contributed by atoms with Crippen LogP contribution in [0.25, 0.3) is 44.5 Å². The second kappa shape index (κ2) is 12.3. The Labute approximate surface area is 305 Å². The molecule has 0 aromatic heterocycles. The molecule has 1 aliphatic heterocycles. The van der Waals surface area contributed by atoms with Crippen molar-refractivity contribution in [2.75, 3.05) is 0 Å². The molecule has 1 spiro atoms. The zero-order valence-corrected chi connectivity index (χ0v) is 28.0. The second-order valence-corrected chi connectivity index (χ2v) is 13.1. The van der Waals surface area contributed by atoms with Gasteiger partial charge < -0.3 is 14.2 Å². The van der Waals surface area contributed by atoms with Gasteiger partial charge in [-0.3, -0.25) is 0 Å². The maximum absolute atomic E-state index is 12.9. The molecule has 0 saturated heterocycles. The van der Waals surface area contributed by atoms with Crippen LogP contribution in [0.4, 0.5) is 26.3 Å². The van der Waals surface area contributed by atoms with Gasteiger partial charge >= 0.3 is 12.7 Å². The third-order valence-corrected chi connectivity index (χ3v) is 9.96. The number of alkyl halides is 6. The predicted octanol–water partition coefficient (Wildman–Crippen LogP) is 13.0. The monoisotopic (exact) mass is 728 g/mol. The molecule has 7 aromatic carbocycles. The minimum Gasteiger partial charge on any atom is -0.457 e. The fourth-order valence-corrected chi connectivity index (χ4v) is 7.87. The summed E-state index contributed by atoms with van der Waals surface area (Å²) in [5, 5.41) is 0. The SMILES string of the molecule is FC(F)(F)Oc1ccc(-c2cc(-c3ccc(OC(F)(F)F)cc3)cc(-c3ccc4c(c3)Oc3ccccc3C43c4ccccc4-c4ccccc43)c2)cc1. The number of halogens is 6. The van der Waals surface area contributed by atoms with E-state index in [1.807, 2.05) is 60.7 Å². The molecule has 9 rings (SSSR count). The van der Waals surface area contributed by atoms with Crippen molar-refractivity contribution in [1.29, 1.82) is 0 Å². The molecule has 1 heterocycles. The molecule has 9 heteroatoms. The summed E-state index contributed by atoms with van der Waals surface area (Å²) in [6, 6.07) is 47.6. The molecule has 54 heavy (non-hydrogen) atoms. The molecule has 266 valence electrons. The Morgan fingerprint density at radius 2 is 0.778 bits per heavy atom. The van der Waals surface area contributed by atoms with Crippen LogP contribution in [-0.4, -0.2) is 12.7 Å². The Morgan fingerprint density at radius 1 is 0.370 bits per heavy atom. The normalized spacial score (nSPS) is 13.7. The maximum atomic E-state index is 12.9. The van der Waals surface area contributed by atoms with Crippen LogP contribution in [0.3, 0.4) is 0 Å². The minimum atomic E-state index is -4.84. The zero-order chi connectivity index (χ0) is 37.2. The van der Waals surface area contributed by atoms with Crippen molar-refractivity contribution >= 4 is 0 Å². The van der Waals surface area contributed by atoms with Gasteiger partial charge in [-0.2, -0.15) is 0 Å². The summed E-state index contributed by atoms with van der Waals surface area (Å²) in [7, 11) is 0. The van der Waals surface area contributed by atoms with E-state index < -0.39 is 18.1 Å². The number of rotatable bonds is 5. The van der Waals surface area contributed by atoms with Crippen LogP contribution in [0, 0.1) is 0 Å². The lowest BCUT2D eigenvalue weighted by Crippen LogP contribution is -2.32. The van der Waals surface area contributed by atoms with Gasteiger partial charge in [-0.05, 0) is 110 Å². The molecule has 2 aliphatic rings. The first kappa shape index (κ1) is 33.4. The third kappa shape index (κ3) is 5.73. The van der Waals surface area contributed by atoms with E-state index in [2.05, 4.69) is 58.0 Å². The molecule has 3 nitrogen and oxygen atoms in total. The lowest BCUT2D eigenvalue weighted by atomic mass is 9.66. The summed E-state index contributed by atoms with van der Waals surface area (Å²) in [5.41, 5.74) is 10.0. The Morgan fingerprint density at radius 3 is 1.28 bits per heavy atom. The van der Waals surface area contributed by atoms with Gasteiger partial charge in [-0.1, -0.05) is 103 Å². The third-order valence-electron chi connectivity index (χ3n) is 9.96. The molecule has 0 atom stereocenters. The summed E-state index contributed by atoms with van der Waals surface area (Å²) in [4.78, 5) is 0. The predicted molar refractivity (Wildman–Crippen MR) is 193 cm³/mol. The standard InChI is InChI=1S/C45H26F6O3/c46-44(47,48)53-33-18-13-27(14-19-33)30-23-31(28-15-20-34(21-16-28)54-45(49,50)51)25-32(24-30)29-17-22-40-42(26-29)52-41-12-6-5-11-39(41)43(40)37-9-3-1-7-35(37)36-8-2-4-10-38(36)43/h1-26H. The summed E-state index contributed by atoms with van der Waals surface area (Å²) >= 11 is 0. The van der Waals surface area contributed by atoms with Crippen LogP contribution in [-0.2, 0) is 5.41 Å². The van der Waals surface area contributed by atoms with Crippen molar-refractivity contribution < 1.29 is 40.6 Å². The van der Waals surface area contributed by atoms with Crippen LogP contribution in [0.15, 0.2) is 158 Å². The highest BCUT2D eigenvalue weighted by molar-refractivity contribution is 5.89. The Hall–Kier alpha value is -6.48. The molecule has 0 fully saturated rings. The zero-order valence-electron chi connectivity index (χ0n) is 28.0. The smallest absolute Gasteiger partial charge is 0.457 e. The molecule has 0 amide bonds. The molecule has 0 unspecified atom stereocenters. The van der Waals surface area contributed by atoms with Gasteiger partial charge in [0.25, 0.3) is 0 Å². The van der Waals surface area contributed by atoms with Crippen molar-refractivity contribution in [3.05, 3.63) is 180 Å². The Kier molecular flexibility index (Phi) is 7.60. The fraction of sp³-hybridized carbons (Fsp3) is 0.0667. The maximum Gasteiger partial charge on any atom is 0.573 e. The van der Waals surface area contributed by atoms with Gasteiger partial charge in [-0.25, -0.2) is 0 Å². The van der Waals surface area contributed by atoms with Gasteiger partial charge in [-0.15, -0.1) is 26.3 Å². The summed E-state index contributed by atoms with van der Waals surface area (Å²) in [5.74, 6) is 0.662. The van der Waals surface area contributed by atoms with Crippen LogP contribution >= 0.6 is 0 Å². The number of para-hydroxylation sites is 1. The van der Waals surface area contributed by atoms with E-state index in [0.29, 0.717) is 28.0 Å². The molecule has 0 N–H and O–H groups in total. The van der Waals surface area contributed by atoms with E-state index in [1.54, 1.807) is 0 Å². The van der Waals surface area contributed by atoms with Crippen LogP contribution in [0.1, 0.15) is 22.3 Å². The highest BCUT2D eigenvalue weighted by Gasteiger charge is 2.50. The molecular formula is C45H26F6O3. The highest BCUT2D eigenvalue weighted by atomic mass is 19.4. The van der Waals surface area contributed by atoms with E-state index in [9.17, 15) is 26.3 Å². The van der Waals surface area contributed by atoms with Crippen LogP contribution in [0.5, 0.6) is 23.0 Å². The van der Waals surface area contributed by atoms with Gasteiger partial charge in [0.05, 0.1) is 5.41 Å². The van der Waals surface area contributed by atoms with E-state index in [1.165, 1.54) is 48.5 Å². The van der Waals surface area contributed by atoms with E-state index in [0.717, 1.165) is 50.3 Å². The van der Waals surface area contributed by atoms with E-state index >= 15 is 0 Å². The second-order valence-electron chi connectivity index (χ2n) is 13.1. The van der Waals surface area contributed by atoms with E-state index in [4.69, 9.17) is 4.74 Å². The Balaban J connectivity index is 1.20. The molecule has 0 radical (unpaired) electrons. The molecule has 0 bridgehead atoms. The van der Waals surface area contributed by atoms with Gasteiger partial charge in [0.15, 0.2) is 0 Å². The highest BCUT2D eigenvalue weighted by Crippen LogP contribution is 2.62. The lowest BCUT2D eigenvalue weighted by Gasteiger charge is -2.39. The summed E-state index contributed by atoms with van der Waals surface area (Å²) in [6.07, 6.45) is -9.68. The van der Waals surface area contributed by atoms with Crippen LogP contribution in [0.2, 0.25) is 0 Å². The topological polar surface area (TPSA) is 27.7 Å². The van der Waals surface area contributed by atoms with Gasteiger partial charge in [0, 0.05) is 11.1 Å². The first-order chi connectivity index (χ1) is 26.0. The average Bonchev–Trinajstić information content (AvgIpc) is 3.44. The van der Waals surface area contributed by atoms with Gasteiger partial charge in [0.1, 0.15) is 23.0 Å². The van der Waals surface area contributed by atoms with Crippen molar-refractivity contribution in [3.8, 4) is 67.5 Å². The Bertz CT molecular complexity index is 2430. The van der Waals surface area contributed by atoms with Crippen molar-refractivity contribution in [2.24, 2.45) is 0 Å². The number of hydrogen-bond acceptors (Lipinski definition) is 3. The van der Waals surface area contributed by atoms with Gasteiger partial charge in [0.2, 0.25) is 0 Å². The number of fused-ring (bicyclic) bond motifs is 9. The van der Waals surface area contributed by atoms with Crippen molar-refractivity contribution in [2.45, 2.75) is 18.1 Å². The molecule has 0 saturated carbocycles. The summed E-state index contributed by atoms with van der Waals surface area (Å²) < 4.78 is 92.3. The van der Waals surface area contributed by atoms with Crippen molar-refractivity contribution in [3.63, 3.8) is 0 Å². The lowest BCUT2D eigenvalue weighted by molar-refractivity contribution is -0.275. The molecule has 1 aliphatic carbocycles. The fourth-order valence-electron chi connectivity index (χ4n) is 7.87. The molecular weight excluding hydrogens is 702 g/mol. The largest absolute Gasteiger partial charge is 0.573 e. The molecule has 7 aromatic rings. The number of ether oxygens (including phenoxy) is 3. The number of hydrogen-bond donors (Lipinski definition) is 0. The average molecular weight is 729 g/mol. The van der Waals surface area contributed by atoms with E-state index in [-0.39, 0.29) is 11.5 Å². The first-order valence-electron chi connectivity index (χ1n) is 17.0. The number of benzene rings is 7. The summed E-state index contributed by atoms with van der Waals surface area (Å²) in [6.45, 7) is 0. The quantitative estimate of drug-likeness (QED) is 0.165. The first-order valence-corrected chi connectivity index (χ1v) is 17.0. The van der Waals surface area contributed by atoms with Crippen molar-refractivity contribution in [1.82, 2.24) is 0 Å². The van der Waals surface area contributed by atoms with Crippen LogP contribution < -0.4 is 14.2 Å². The minimum absolute atomic E-state index is 0.362.